The summed E-state index contributed by atoms with van der Waals surface area (Å²) in [5.41, 5.74) is 0.295. The Morgan fingerprint density at radius 1 is 1.22 bits per heavy atom. The van der Waals surface area contributed by atoms with Gasteiger partial charge in [-0.2, -0.15) is 0 Å². The van der Waals surface area contributed by atoms with E-state index in [1.54, 1.807) is 0 Å². The van der Waals surface area contributed by atoms with Gasteiger partial charge in [0.25, 0.3) is 0 Å². The van der Waals surface area contributed by atoms with E-state index in [2.05, 4.69) is 5.32 Å². The highest BCUT2D eigenvalue weighted by molar-refractivity contribution is 7.80. The van der Waals surface area contributed by atoms with Crippen molar-refractivity contribution in [3.63, 3.8) is 0 Å². The van der Waals surface area contributed by atoms with Crippen molar-refractivity contribution in [3.05, 3.63) is 29.8 Å². The van der Waals surface area contributed by atoms with E-state index in [0.717, 1.165) is 6.07 Å². The molecule has 98 valence electrons. The predicted octanol–water partition coefficient (Wildman–Crippen LogP) is 2.12. The molecule has 18 heavy (non-hydrogen) atoms. The summed E-state index contributed by atoms with van der Waals surface area (Å²) in [5.74, 6) is -1.29. The van der Waals surface area contributed by atoms with E-state index in [-0.39, 0.29) is 6.10 Å². The molecule has 1 aromatic rings. The van der Waals surface area contributed by atoms with Crippen LogP contribution in [0.5, 0.6) is 0 Å². The Morgan fingerprint density at radius 2 is 1.78 bits per heavy atom. The molecule has 0 saturated carbocycles. The number of thiocarbonyl (C=S) groups is 1. The summed E-state index contributed by atoms with van der Waals surface area (Å²) < 4.78 is 26.0. The van der Waals surface area contributed by atoms with Crippen LogP contribution < -0.4 is 5.32 Å². The number of hydrogen-bond acceptors (Lipinski definition) is 2. The molecule has 0 radical (unpaired) electrons. The zero-order chi connectivity index (χ0) is 13.1. The second-order valence-electron chi connectivity index (χ2n) is 4.31. The van der Waals surface area contributed by atoms with Gasteiger partial charge in [-0.3, -0.25) is 0 Å². The number of aliphatic hydroxyl groups is 1. The molecule has 6 heteroatoms. The summed E-state index contributed by atoms with van der Waals surface area (Å²) in [6, 6.07) is 3.19. The fraction of sp³-hybridized carbons (Fsp3) is 0.417. The van der Waals surface area contributed by atoms with Crippen molar-refractivity contribution in [1.29, 1.82) is 0 Å². The Labute approximate surface area is 109 Å². The highest BCUT2D eigenvalue weighted by Crippen LogP contribution is 2.15. The van der Waals surface area contributed by atoms with Crippen LogP contribution in [0, 0.1) is 11.6 Å². The average molecular weight is 272 g/mol. The Kier molecular flexibility index (Phi) is 4.08. The van der Waals surface area contributed by atoms with Crippen LogP contribution in [-0.2, 0) is 0 Å². The first-order valence-electron chi connectivity index (χ1n) is 5.74. The topological polar surface area (TPSA) is 35.5 Å². The number of anilines is 1. The van der Waals surface area contributed by atoms with Crippen LogP contribution in [-0.4, -0.2) is 34.3 Å². The minimum absolute atomic E-state index is 0.282. The molecule has 1 aromatic carbocycles. The van der Waals surface area contributed by atoms with Crippen LogP contribution in [0.25, 0.3) is 0 Å². The highest BCUT2D eigenvalue weighted by Gasteiger charge is 2.19. The SMILES string of the molecule is OC1CCN(C(=S)Nc2cc(F)cc(F)c2)CC1. The van der Waals surface area contributed by atoms with E-state index in [1.165, 1.54) is 12.1 Å². The van der Waals surface area contributed by atoms with E-state index in [4.69, 9.17) is 12.2 Å². The van der Waals surface area contributed by atoms with Gasteiger partial charge in [0, 0.05) is 24.8 Å². The van der Waals surface area contributed by atoms with Gasteiger partial charge in [-0.15, -0.1) is 0 Å². The molecule has 0 spiro atoms. The average Bonchev–Trinajstić information content (AvgIpc) is 2.28. The predicted molar refractivity (Wildman–Crippen MR) is 69.4 cm³/mol. The molecule has 1 aliphatic rings. The molecule has 3 nitrogen and oxygen atoms in total. The Balaban J connectivity index is 1.98. The fourth-order valence-electron chi connectivity index (χ4n) is 1.90. The molecule has 1 aliphatic heterocycles. The van der Waals surface area contributed by atoms with Gasteiger partial charge in [0.1, 0.15) is 11.6 Å². The lowest BCUT2D eigenvalue weighted by molar-refractivity contribution is 0.110. The minimum atomic E-state index is -0.644. The summed E-state index contributed by atoms with van der Waals surface area (Å²) >= 11 is 5.17. The normalized spacial score (nSPS) is 16.7. The van der Waals surface area contributed by atoms with Gasteiger partial charge in [-0.05, 0) is 37.2 Å². The molecule has 0 bridgehead atoms. The van der Waals surface area contributed by atoms with Gasteiger partial charge in [0.15, 0.2) is 5.11 Å². The molecule has 0 amide bonds. The lowest BCUT2D eigenvalue weighted by Crippen LogP contribution is -2.42. The second kappa shape index (κ2) is 5.58. The summed E-state index contributed by atoms with van der Waals surface area (Å²) in [4.78, 5) is 1.88. The fourth-order valence-corrected chi connectivity index (χ4v) is 2.20. The summed E-state index contributed by atoms with van der Waals surface area (Å²) in [7, 11) is 0. The molecule has 0 aromatic heterocycles. The first kappa shape index (κ1) is 13.2. The largest absolute Gasteiger partial charge is 0.393 e. The van der Waals surface area contributed by atoms with Crippen LogP contribution in [0.4, 0.5) is 14.5 Å². The van der Waals surface area contributed by atoms with Gasteiger partial charge in [-0.25, -0.2) is 8.78 Å². The molecule has 1 saturated heterocycles. The monoisotopic (exact) mass is 272 g/mol. The van der Waals surface area contributed by atoms with E-state index in [1.807, 2.05) is 4.90 Å². The molecular weight excluding hydrogens is 258 g/mol. The maximum absolute atomic E-state index is 13.0. The molecule has 2 rings (SSSR count). The van der Waals surface area contributed by atoms with E-state index < -0.39 is 11.6 Å². The van der Waals surface area contributed by atoms with E-state index >= 15 is 0 Å². The summed E-state index contributed by atoms with van der Waals surface area (Å²) in [6.45, 7) is 1.29. The smallest absolute Gasteiger partial charge is 0.173 e. The molecule has 1 heterocycles. The Bertz CT molecular complexity index is 427. The van der Waals surface area contributed by atoms with Crippen molar-refractivity contribution in [2.45, 2.75) is 18.9 Å². The quantitative estimate of drug-likeness (QED) is 0.768. The van der Waals surface area contributed by atoms with Crippen LogP contribution in [0.2, 0.25) is 0 Å². The number of halogens is 2. The van der Waals surface area contributed by atoms with Gasteiger partial charge in [-0.1, -0.05) is 0 Å². The molecular formula is C12H14F2N2OS. The van der Waals surface area contributed by atoms with E-state index in [9.17, 15) is 13.9 Å². The number of nitrogens with zero attached hydrogens (tertiary/aromatic N) is 1. The third-order valence-electron chi connectivity index (χ3n) is 2.87. The third-order valence-corrected chi connectivity index (χ3v) is 3.23. The number of aliphatic hydroxyl groups excluding tert-OH is 1. The molecule has 0 aliphatic carbocycles. The van der Waals surface area contributed by atoms with Crippen molar-refractivity contribution >= 4 is 23.0 Å². The van der Waals surface area contributed by atoms with Crippen molar-refractivity contribution in [2.24, 2.45) is 0 Å². The van der Waals surface area contributed by atoms with Crippen molar-refractivity contribution < 1.29 is 13.9 Å². The third kappa shape index (κ3) is 3.36. The van der Waals surface area contributed by atoms with Crippen LogP contribution in [0.15, 0.2) is 18.2 Å². The lowest BCUT2D eigenvalue weighted by Gasteiger charge is -2.31. The molecule has 2 N–H and O–H groups in total. The first-order chi connectivity index (χ1) is 8.54. The lowest BCUT2D eigenvalue weighted by atomic mass is 10.1. The maximum Gasteiger partial charge on any atom is 0.173 e. The first-order valence-corrected chi connectivity index (χ1v) is 6.15. The van der Waals surface area contributed by atoms with Gasteiger partial charge < -0.3 is 15.3 Å². The molecule has 0 unspecified atom stereocenters. The minimum Gasteiger partial charge on any atom is -0.393 e. The van der Waals surface area contributed by atoms with Gasteiger partial charge in [0.2, 0.25) is 0 Å². The van der Waals surface area contributed by atoms with Crippen LogP contribution >= 0.6 is 12.2 Å². The summed E-state index contributed by atoms with van der Waals surface area (Å²) in [6.07, 6.45) is 1.02. The highest BCUT2D eigenvalue weighted by atomic mass is 32.1. The number of hydrogen-bond donors (Lipinski definition) is 2. The Hall–Kier alpha value is -1.27. The number of likely N-dealkylation sites (tertiary alicyclic amines) is 1. The number of piperidine rings is 1. The number of nitrogens with one attached hydrogen (secondary N) is 1. The van der Waals surface area contributed by atoms with Crippen molar-refractivity contribution in [1.82, 2.24) is 4.90 Å². The van der Waals surface area contributed by atoms with Gasteiger partial charge >= 0.3 is 0 Å². The standard InChI is InChI=1S/C12H14F2N2OS/c13-8-5-9(14)7-10(6-8)15-12(18)16-3-1-11(17)2-4-16/h5-7,11,17H,1-4H2,(H,15,18). The van der Waals surface area contributed by atoms with Crippen LogP contribution in [0.3, 0.4) is 0 Å². The molecule has 0 atom stereocenters. The number of benzene rings is 1. The Morgan fingerprint density at radius 3 is 2.33 bits per heavy atom. The van der Waals surface area contributed by atoms with Gasteiger partial charge in [0.05, 0.1) is 6.10 Å². The zero-order valence-corrected chi connectivity index (χ0v) is 10.5. The summed E-state index contributed by atoms with van der Waals surface area (Å²) in [5, 5.41) is 12.6. The van der Waals surface area contributed by atoms with Crippen LogP contribution in [0.1, 0.15) is 12.8 Å². The van der Waals surface area contributed by atoms with Crippen molar-refractivity contribution in [2.75, 3.05) is 18.4 Å². The molecule has 1 fully saturated rings. The van der Waals surface area contributed by atoms with Crippen molar-refractivity contribution in [3.8, 4) is 0 Å². The maximum atomic E-state index is 13.0. The van der Waals surface area contributed by atoms with E-state index in [0.29, 0.717) is 36.7 Å². The second-order valence-corrected chi connectivity index (χ2v) is 4.69. The number of rotatable bonds is 1. The zero-order valence-electron chi connectivity index (χ0n) is 9.70.